The van der Waals surface area contributed by atoms with Crippen LogP contribution in [-0.2, 0) is 11.2 Å². The number of anilines is 1. The minimum atomic E-state index is -0.0783. The molecular formula is C31H36N4O3S. The highest BCUT2D eigenvalue weighted by atomic mass is 32.1. The van der Waals surface area contributed by atoms with Gasteiger partial charge in [0.25, 0.3) is 5.91 Å². The van der Waals surface area contributed by atoms with Crippen LogP contribution in [0.25, 0.3) is 22.4 Å². The Balaban J connectivity index is 1.38. The van der Waals surface area contributed by atoms with Crippen molar-refractivity contribution in [2.45, 2.75) is 45.6 Å². The van der Waals surface area contributed by atoms with E-state index in [2.05, 4.69) is 24.8 Å². The van der Waals surface area contributed by atoms with Crippen molar-refractivity contribution in [3.63, 3.8) is 0 Å². The summed E-state index contributed by atoms with van der Waals surface area (Å²) < 4.78 is 5.63. The van der Waals surface area contributed by atoms with Crippen molar-refractivity contribution in [3.05, 3.63) is 58.6 Å². The van der Waals surface area contributed by atoms with E-state index in [0.29, 0.717) is 38.3 Å². The summed E-state index contributed by atoms with van der Waals surface area (Å²) in [6.07, 6.45) is 4.96. The maximum atomic E-state index is 13.2. The number of amides is 1. The predicted molar refractivity (Wildman–Crippen MR) is 156 cm³/mol. The molecule has 2 saturated heterocycles. The second-order valence-electron chi connectivity index (χ2n) is 11.8. The second kappa shape index (κ2) is 10.5. The lowest BCUT2D eigenvalue weighted by Crippen LogP contribution is -2.42. The van der Waals surface area contributed by atoms with E-state index < -0.39 is 0 Å². The van der Waals surface area contributed by atoms with Gasteiger partial charge in [0.2, 0.25) is 0 Å². The summed E-state index contributed by atoms with van der Waals surface area (Å²) in [6.45, 7) is 8.75. The number of nitrogens with two attached hydrogens (primary N) is 1. The number of Topliss-reactive ketones (excluding diaryl/α,β-unsaturated/α-hetero) is 1. The molecule has 3 aliphatic rings. The molecule has 3 aromatic rings. The molecule has 4 heterocycles. The van der Waals surface area contributed by atoms with Gasteiger partial charge in [0, 0.05) is 61.5 Å². The van der Waals surface area contributed by atoms with E-state index in [4.69, 9.17) is 15.5 Å². The lowest BCUT2D eigenvalue weighted by molar-refractivity contribution is 0.0714. The van der Waals surface area contributed by atoms with Crippen LogP contribution in [0, 0.1) is 5.41 Å². The highest BCUT2D eigenvalue weighted by Crippen LogP contribution is 2.49. The average molecular weight is 545 g/mol. The number of likely N-dealkylation sites (tertiary alicyclic amines) is 1. The fourth-order valence-corrected chi connectivity index (χ4v) is 7.36. The largest absolute Gasteiger partial charge is 0.378 e. The third kappa shape index (κ3) is 5.25. The molecule has 7 nitrogen and oxygen atoms in total. The normalized spacial score (nSPS) is 19.7. The fraction of sp³-hybridized carbons (Fsp3) is 0.452. The molecule has 0 saturated carbocycles. The number of thiophene rings is 1. The van der Waals surface area contributed by atoms with Crippen molar-refractivity contribution in [3.8, 4) is 22.4 Å². The third-order valence-corrected chi connectivity index (χ3v) is 9.45. The van der Waals surface area contributed by atoms with E-state index in [1.807, 2.05) is 41.4 Å². The number of piperidine rings is 1. The van der Waals surface area contributed by atoms with Crippen molar-refractivity contribution < 1.29 is 14.3 Å². The minimum Gasteiger partial charge on any atom is -0.378 e. The number of nitrogens with zero attached hydrogens (tertiary/aromatic N) is 3. The molecule has 8 heteroatoms. The number of pyridine rings is 1. The first-order valence-electron chi connectivity index (χ1n) is 13.9. The van der Waals surface area contributed by atoms with Crippen LogP contribution < -0.4 is 10.6 Å². The Morgan fingerprint density at radius 3 is 2.59 bits per heavy atom. The first kappa shape index (κ1) is 26.2. The first-order chi connectivity index (χ1) is 18.8. The van der Waals surface area contributed by atoms with Gasteiger partial charge in [-0.3, -0.25) is 14.6 Å². The van der Waals surface area contributed by atoms with Gasteiger partial charge in [0.15, 0.2) is 5.78 Å². The predicted octanol–water partition coefficient (Wildman–Crippen LogP) is 5.03. The Bertz CT molecular complexity index is 1400. The van der Waals surface area contributed by atoms with Crippen LogP contribution in [0.4, 0.5) is 5.00 Å². The first-order valence-corrected chi connectivity index (χ1v) is 14.7. The van der Waals surface area contributed by atoms with Crippen LogP contribution in [-0.4, -0.2) is 67.0 Å². The summed E-state index contributed by atoms with van der Waals surface area (Å²) in [5, 5.41) is 1.15. The molecule has 1 aliphatic carbocycles. The number of hydrogen-bond acceptors (Lipinski definition) is 7. The van der Waals surface area contributed by atoms with Gasteiger partial charge in [-0.2, -0.15) is 0 Å². The number of rotatable bonds is 4. The summed E-state index contributed by atoms with van der Waals surface area (Å²) in [6, 6.07) is 12.1. The molecular weight excluding hydrogens is 508 g/mol. The number of hydrogen-bond donors (Lipinski definition) is 1. The summed E-state index contributed by atoms with van der Waals surface area (Å²) in [5.74, 6) is 0.285. The Kier molecular flexibility index (Phi) is 7.04. The molecule has 2 aromatic heterocycles. The summed E-state index contributed by atoms with van der Waals surface area (Å²) >= 11 is 1.64. The molecule has 2 N–H and O–H groups in total. The quantitative estimate of drug-likeness (QED) is 0.496. The SMILES string of the molecule is CC1(C)CC(=O)c2sc(N3CCOCC3)c(-c3ccnc(-c4cccc(C(=O)N5CCC(N)CC5)c4)c3)c2C1. The number of aromatic nitrogens is 1. The number of carbonyl (C=O) groups is 2. The molecule has 0 atom stereocenters. The van der Waals surface area contributed by atoms with E-state index in [1.54, 1.807) is 11.3 Å². The number of carbonyl (C=O) groups excluding carboxylic acids is 2. The van der Waals surface area contributed by atoms with Crippen molar-refractivity contribution in [2.24, 2.45) is 11.1 Å². The van der Waals surface area contributed by atoms with Crippen molar-refractivity contribution in [1.82, 2.24) is 9.88 Å². The van der Waals surface area contributed by atoms with Crippen LogP contribution in [0.1, 0.15) is 58.7 Å². The monoisotopic (exact) mass is 544 g/mol. The Labute approximate surface area is 234 Å². The fourth-order valence-electron chi connectivity index (χ4n) is 6.03. The highest BCUT2D eigenvalue weighted by molar-refractivity contribution is 7.19. The molecule has 39 heavy (non-hydrogen) atoms. The van der Waals surface area contributed by atoms with Crippen LogP contribution in [0.3, 0.4) is 0 Å². The summed E-state index contributed by atoms with van der Waals surface area (Å²) in [7, 11) is 0. The maximum absolute atomic E-state index is 13.2. The Morgan fingerprint density at radius 2 is 1.82 bits per heavy atom. The van der Waals surface area contributed by atoms with Gasteiger partial charge in [0.05, 0.1) is 28.8 Å². The van der Waals surface area contributed by atoms with E-state index >= 15 is 0 Å². The van der Waals surface area contributed by atoms with Crippen molar-refractivity contribution >= 4 is 28.0 Å². The zero-order valence-electron chi connectivity index (χ0n) is 22.7. The van der Waals surface area contributed by atoms with E-state index in [0.717, 1.165) is 70.2 Å². The van der Waals surface area contributed by atoms with Crippen molar-refractivity contribution in [1.29, 1.82) is 0 Å². The van der Waals surface area contributed by atoms with Gasteiger partial charge in [-0.1, -0.05) is 26.0 Å². The van der Waals surface area contributed by atoms with Crippen molar-refractivity contribution in [2.75, 3.05) is 44.3 Å². The van der Waals surface area contributed by atoms with E-state index in [9.17, 15) is 9.59 Å². The molecule has 0 unspecified atom stereocenters. The third-order valence-electron chi connectivity index (χ3n) is 8.12. The van der Waals surface area contributed by atoms with Gasteiger partial charge in [-0.05, 0) is 60.1 Å². The van der Waals surface area contributed by atoms with Crippen LogP contribution in [0.2, 0.25) is 0 Å². The topological polar surface area (TPSA) is 88.8 Å². The molecule has 204 valence electrons. The van der Waals surface area contributed by atoms with Gasteiger partial charge in [-0.25, -0.2) is 0 Å². The lowest BCUT2D eigenvalue weighted by Gasteiger charge is -2.30. The number of ketones is 1. The standard InChI is InChI=1S/C31H36N4O3S/c1-31(2)18-24-27(30(35-12-14-38-15-13-35)39-28(24)26(36)19-31)21-6-9-33-25(17-21)20-4-3-5-22(16-20)29(37)34-10-7-23(32)8-11-34/h3-6,9,16-17,23H,7-8,10-15,18-19,32H2,1-2H3. The molecule has 0 spiro atoms. The van der Waals surface area contributed by atoms with E-state index in [1.165, 1.54) is 0 Å². The Morgan fingerprint density at radius 1 is 1.05 bits per heavy atom. The molecule has 0 radical (unpaired) electrons. The molecule has 0 bridgehead atoms. The van der Waals surface area contributed by atoms with Crippen LogP contribution in [0.5, 0.6) is 0 Å². The van der Waals surface area contributed by atoms with E-state index in [-0.39, 0.29) is 23.1 Å². The van der Waals surface area contributed by atoms with Crippen LogP contribution in [0.15, 0.2) is 42.6 Å². The second-order valence-corrected chi connectivity index (χ2v) is 12.8. The Hall–Kier alpha value is -3.07. The zero-order valence-corrected chi connectivity index (χ0v) is 23.6. The highest BCUT2D eigenvalue weighted by Gasteiger charge is 2.37. The van der Waals surface area contributed by atoms with Gasteiger partial charge >= 0.3 is 0 Å². The lowest BCUT2D eigenvalue weighted by atomic mass is 9.75. The number of morpholine rings is 1. The molecule has 2 aliphatic heterocycles. The zero-order chi connectivity index (χ0) is 27.1. The number of benzene rings is 1. The van der Waals surface area contributed by atoms with Gasteiger partial charge < -0.3 is 20.3 Å². The molecule has 1 amide bonds. The molecule has 1 aromatic carbocycles. The number of ether oxygens (including phenoxy) is 1. The summed E-state index contributed by atoms with van der Waals surface area (Å²) in [5.41, 5.74) is 11.7. The molecule has 2 fully saturated rings. The van der Waals surface area contributed by atoms with Gasteiger partial charge in [-0.15, -0.1) is 11.3 Å². The van der Waals surface area contributed by atoms with Gasteiger partial charge in [0.1, 0.15) is 0 Å². The maximum Gasteiger partial charge on any atom is 0.253 e. The average Bonchev–Trinajstić information content (AvgIpc) is 3.32. The van der Waals surface area contributed by atoms with Crippen LogP contribution >= 0.6 is 11.3 Å². The summed E-state index contributed by atoms with van der Waals surface area (Å²) in [4.78, 5) is 36.3. The number of fused-ring (bicyclic) bond motifs is 1. The minimum absolute atomic E-state index is 0.0437. The molecule has 6 rings (SSSR count). The smallest absolute Gasteiger partial charge is 0.253 e.